The molecule has 0 spiro atoms. The molecule has 1 aliphatic heterocycles. The van der Waals surface area contributed by atoms with Crippen molar-refractivity contribution in [2.24, 2.45) is 11.1 Å². The first-order valence-corrected chi connectivity index (χ1v) is 5.57. The fourth-order valence-corrected chi connectivity index (χ4v) is 1.47. The van der Waals surface area contributed by atoms with Crippen molar-refractivity contribution in [3.05, 3.63) is 0 Å². The zero-order valence-electron chi connectivity index (χ0n) is 10.1. The molecule has 1 fully saturated rings. The highest BCUT2D eigenvalue weighted by molar-refractivity contribution is 5.91. The SMILES string of the molecule is CC(C)(C)C(N)C(=O)OC(=O)C1CCCN1. The van der Waals surface area contributed by atoms with Crippen molar-refractivity contribution in [2.45, 2.75) is 45.7 Å². The van der Waals surface area contributed by atoms with E-state index in [9.17, 15) is 9.59 Å². The van der Waals surface area contributed by atoms with Gasteiger partial charge in [0.15, 0.2) is 0 Å². The average molecular weight is 228 g/mol. The molecule has 0 amide bonds. The summed E-state index contributed by atoms with van der Waals surface area (Å²) < 4.78 is 4.76. The molecule has 5 nitrogen and oxygen atoms in total. The zero-order valence-corrected chi connectivity index (χ0v) is 10.1. The van der Waals surface area contributed by atoms with Crippen LogP contribution < -0.4 is 11.1 Å². The van der Waals surface area contributed by atoms with Gasteiger partial charge in [-0.05, 0) is 24.8 Å². The van der Waals surface area contributed by atoms with Crippen molar-refractivity contribution in [1.82, 2.24) is 5.32 Å². The Labute approximate surface area is 95.7 Å². The highest BCUT2D eigenvalue weighted by atomic mass is 16.6. The summed E-state index contributed by atoms with van der Waals surface area (Å²) in [7, 11) is 0. The summed E-state index contributed by atoms with van der Waals surface area (Å²) in [6.45, 7) is 6.28. The summed E-state index contributed by atoms with van der Waals surface area (Å²) >= 11 is 0. The fraction of sp³-hybridized carbons (Fsp3) is 0.818. The maximum absolute atomic E-state index is 11.6. The summed E-state index contributed by atoms with van der Waals surface area (Å²) in [6.07, 6.45) is 1.65. The minimum atomic E-state index is -0.780. The first-order chi connectivity index (χ1) is 7.32. The highest BCUT2D eigenvalue weighted by Gasteiger charge is 2.33. The number of rotatable bonds is 2. The van der Waals surface area contributed by atoms with Crippen LogP contribution in [0.2, 0.25) is 0 Å². The summed E-state index contributed by atoms with van der Waals surface area (Å²) in [5.41, 5.74) is 5.29. The Bertz CT molecular complexity index is 277. The Balaban J connectivity index is 2.47. The molecule has 2 atom stereocenters. The number of ether oxygens (including phenoxy) is 1. The van der Waals surface area contributed by atoms with E-state index >= 15 is 0 Å². The van der Waals surface area contributed by atoms with Crippen LogP contribution >= 0.6 is 0 Å². The maximum Gasteiger partial charge on any atom is 0.331 e. The van der Waals surface area contributed by atoms with Crippen molar-refractivity contribution >= 4 is 11.9 Å². The molecule has 0 aromatic carbocycles. The fourth-order valence-electron chi connectivity index (χ4n) is 1.47. The molecule has 0 aromatic heterocycles. The van der Waals surface area contributed by atoms with Gasteiger partial charge in [-0.3, -0.25) is 0 Å². The van der Waals surface area contributed by atoms with Crippen LogP contribution in [0.4, 0.5) is 0 Å². The van der Waals surface area contributed by atoms with Gasteiger partial charge in [0.05, 0.1) is 0 Å². The van der Waals surface area contributed by atoms with E-state index in [0.717, 1.165) is 19.4 Å². The molecule has 92 valence electrons. The Hall–Kier alpha value is -0.940. The number of nitrogens with one attached hydrogen (secondary N) is 1. The predicted octanol–water partition coefficient (Wildman–Crippen LogP) is 0.182. The van der Waals surface area contributed by atoms with Gasteiger partial charge in [-0.15, -0.1) is 0 Å². The smallest absolute Gasteiger partial charge is 0.331 e. The monoisotopic (exact) mass is 228 g/mol. The van der Waals surface area contributed by atoms with E-state index in [1.54, 1.807) is 0 Å². The summed E-state index contributed by atoms with van der Waals surface area (Å²) in [6, 6.07) is -1.13. The number of carbonyl (C=O) groups is 2. The molecule has 1 heterocycles. The van der Waals surface area contributed by atoms with Gasteiger partial charge in [-0.1, -0.05) is 20.8 Å². The topological polar surface area (TPSA) is 81.4 Å². The molecular weight excluding hydrogens is 208 g/mol. The first kappa shape index (κ1) is 13.1. The molecule has 0 aliphatic carbocycles. The Morgan fingerprint density at radius 1 is 1.44 bits per heavy atom. The van der Waals surface area contributed by atoms with E-state index < -0.39 is 23.4 Å². The van der Waals surface area contributed by atoms with Gasteiger partial charge in [-0.2, -0.15) is 0 Å². The van der Waals surface area contributed by atoms with Crippen LogP contribution in [0.3, 0.4) is 0 Å². The molecule has 5 heteroatoms. The lowest BCUT2D eigenvalue weighted by molar-refractivity contribution is -0.163. The Kier molecular flexibility index (Phi) is 4.04. The predicted molar refractivity (Wildman–Crippen MR) is 59.6 cm³/mol. The van der Waals surface area contributed by atoms with Crippen molar-refractivity contribution < 1.29 is 14.3 Å². The second kappa shape index (κ2) is 4.93. The Morgan fingerprint density at radius 3 is 2.50 bits per heavy atom. The largest absolute Gasteiger partial charge is 0.391 e. The van der Waals surface area contributed by atoms with Gasteiger partial charge in [0, 0.05) is 0 Å². The molecule has 0 aromatic rings. The quantitative estimate of drug-likeness (QED) is 0.520. The maximum atomic E-state index is 11.6. The highest BCUT2D eigenvalue weighted by Crippen LogP contribution is 2.18. The van der Waals surface area contributed by atoms with Gasteiger partial charge in [0.25, 0.3) is 0 Å². The van der Waals surface area contributed by atoms with E-state index in [-0.39, 0.29) is 6.04 Å². The van der Waals surface area contributed by atoms with Crippen LogP contribution in [0.5, 0.6) is 0 Å². The minimum Gasteiger partial charge on any atom is -0.391 e. The zero-order chi connectivity index (χ0) is 12.3. The third-order valence-electron chi connectivity index (χ3n) is 2.73. The van der Waals surface area contributed by atoms with Crippen molar-refractivity contribution in [1.29, 1.82) is 0 Å². The lowest BCUT2D eigenvalue weighted by Crippen LogP contribution is -2.46. The van der Waals surface area contributed by atoms with Gasteiger partial charge >= 0.3 is 11.9 Å². The second-order valence-electron chi connectivity index (χ2n) is 5.23. The number of hydrogen-bond donors (Lipinski definition) is 2. The molecule has 0 radical (unpaired) electrons. The van der Waals surface area contributed by atoms with Gasteiger partial charge in [-0.25, -0.2) is 9.59 Å². The third-order valence-corrected chi connectivity index (χ3v) is 2.73. The second-order valence-corrected chi connectivity index (χ2v) is 5.23. The van der Waals surface area contributed by atoms with E-state index in [1.165, 1.54) is 0 Å². The molecule has 1 aliphatic rings. The third kappa shape index (κ3) is 3.28. The lowest BCUT2D eigenvalue weighted by Gasteiger charge is -2.24. The van der Waals surface area contributed by atoms with Gasteiger partial charge in [0.1, 0.15) is 12.1 Å². The molecule has 0 bridgehead atoms. The van der Waals surface area contributed by atoms with Crippen LogP contribution in [0.15, 0.2) is 0 Å². The number of esters is 2. The number of nitrogens with two attached hydrogens (primary N) is 1. The molecule has 3 N–H and O–H groups in total. The molecule has 16 heavy (non-hydrogen) atoms. The number of carbonyl (C=O) groups excluding carboxylic acids is 2. The summed E-state index contributed by atoms with van der Waals surface area (Å²) in [4.78, 5) is 23.1. The standard InChI is InChI=1S/C11H20N2O3/c1-11(2,3)8(12)10(15)16-9(14)7-5-4-6-13-7/h7-8,13H,4-6,12H2,1-3H3. The normalized spacial score (nSPS) is 22.9. The van der Waals surface area contributed by atoms with E-state index in [4.69, 9.17) is 10.5 Å². The molecule has 0 saturated carbocycles. The van der Waals surface area contributed by atoms with Crippen molar-refractivity contribution in [3.8, 4) is 0 Å². The average Bonchev–Trinajstić information content (AvgIpc) is 2.67. The van der Waals surface area contributed by atoms with Crippen LogP contribution in [-0.2, 0) is 14.3 Å². The van der Waals surface area contributed by atoms with Gasteiger partial charge < -0.3 is 15.8 Å². The Morgan fingerprint density at radius 2 is 2.06 bits per heavy atom. The number of hydrogen-bond acceptors (Lipinski definition) is 5. The molecule has 1 rings (SSSR count). The summed E-state index contributed by atoms with van der Waals surface area (Å²) in [5, 5.41) is 2.97. The minimum absolute atomic E-state index is 0.351. The van der Waals surface area contributed by atoms with Crippen LogP contribution in [0.1, 0.15) is 33.6 Å². The van der Waals surface area contributed by atoms with Crippen LogP contribution in [0, 0.1) is 5.41 Å². The first-order valence-electron chi connectivity index (χ1n) is 5.57. The van der Waals surface area contributed by atoms with Crippen LogP contribution in [0.25, 0.3) is 0 Å². The summed E-state index contributed by atoms with van der Waals surface area (Å²) in [5.74, 6) is -1.16. The van der Waals surface area contributed by atoms with Crippen molar-refractivity contribution in [2.75, 3.05) is 6.54 Å². The van der Waals surface area contributed by atoms with E-state index in [0.29, 0.717) is 0 Å². The lowest BCUT2D eigenvalue weighted by atomic mass is 9.87. The molecule has 1 saturated heterocycles. The van der Waals surface area contributed by atoms with Gasteiger partial charge in [0.2, 0.25) is 0 Å². The molecule has 2 unspecified atom stereocenters. The van der Waals surface area contributed by atoms with E-state index in [1.807, 2.05) is 20.8 Å². The van der Waals surface area contributed by atoms with Crippen molar-refractivity contribution in [3.63, 3.8) is 0 Å². The molecular formula is C11H20N2O3. The van der Waals surface area contributed by atoms with Crippen LogP contribution in [-0.4, -0.2) is 30.6 Å². The van der Waals surface area contributed by atoms with E-state index in [2.05, 4.69) is 5.32 Å².